The lowest BCUT2D eigenvalue weighted by atomic mass is 9.54. The van der Waals surface area contributed by atoms with Crippen LogP contribution in [0.1, 0.15) is 48.7 Å². The molecule has 0 unspecified atom stereocenters. The standard InChI is InChI=1S/C17H23NOS/c1-2-18(17(19)15-4-3-5-20-15)16-13-7-11-6-12(9-13)10-14(16)8-11/h3-5,11-14,16H,2,6-10H2,1H3. The Balaban J connectivity index is 1.60. The van der Waals surface area contributed by atoms with Gasteiger partial charge in [-0.25, -0.2) is 0 Å². The number of carbonyl (C=O) groups excluding carboxylic acids is 1. The van der Waals surface area contributed by atoms with Crippen LogP contribution in [-0.2, 0) is 0 Å². The quantitative estimate of drug-likeness (QED) is 0.822. The first kappa shape index (κ1) is 12.9. The minimum absolute atomic E-state index is 0.278. The molecule has 0 aliphatic heterocycles. The third-order valence-electron chi connectivity index (χ3n) is 5.87. The second-order valence-corrected chi connectivity index (χ2v) is 7.94. The molecule has 0 saturated heterocycles. The number of carbonyl (C=O) groups is 1. The Kier molecular flexibility index (Phi) is 3.13. The van der Waals surface area contributed by atoms with Gasteiger partial charge in [0, 0.05) is 12.6 Å². The van der Waals surface area contributed by atoms with Crippen LogP contribution in [0.3, 0.4) is 0 Å². The van der Waals surface area contributed by atoms with E-state index in [1.54, 1.807) is 11.3 Å². The topological polar surface area (TPSA) is 20.3 Å². The van der Waals surface area contributed by atoms with Crippen LogP contribution in [0.15, 0.2) is 17.5 Å². The fraction of sp³-hybridized carbons (Fsp3) is 0.706. The Bertz CT molecular complexity index is 467. The van der Waals surface area contributed by atoms with Crippen LogP contribution < -0.4 is 0 Å². The molecule has 4 bridgehead atoms. The fourth-order valence-corrected chi connectivity index (χ4v) is 6.12. The molecule has 0 aromatic carbocycles. The molecule has 1 amide bonds. The van der Waals surface area contributed by atoms with E-state index in [0.717, 1.165) is 35.1 Å². The molecule has 0 spiro atoms. The summed E-state index contributed by atoms with van der Waals surface area (Å²) in [6.07, 6.45) is 7.00. The lowest BCUT2D eigenvalue weighted by molar-refractivity contribution is -0.0542. The molecule has 0 N–H and O–H groups in total. The van der Waals surface area contributed by atoms with E-state index in [-0.39, 0.29) is 5.91 Å². The molecule has 5 rings (SSSR count). The average molecular weight is 289 g/mol. The molecule has 4 aliphatic carbocycles. The minimum atomic E-state index is 0.278. The van der Waals surface area contributed by atoms with Crippen molar-refractivity contribution < 1.29 is 4.79 Å². The van der Waals surface area contributed by atoms with Gasteiger partial charge < -0.3 is 4.90 Å². The first-order valence-electron chi connectivity index (χ1n) is 8.10. The second kappa shape index (κ2) is 4.87. The zero-order valence-electron chi connectivity index (χ0n) is 12.1. The zero-order valence-corrected chi connectivity index (χ0v) is 12.9. The van der Waals surface area contributed by atoms with Crippen LogP contribution in [0.4, 0.5) is 0 Å². The average Bonchev–Trinajstić information content (AvgIpc) is 2.95. The lowest BCUT2D eigenvalue weighted by Gasteiger charge is -2.57. The molecule has 3 heteroatoms. The van der Waals surface area contributed by atoms with Crippen molar-refractivity contribution in [2.75, 3.05) is 6.54 Å². The Morgan fingerprint density at radius 3 is 2.35 bits per heavy atom. The summed E-state index contributed by atoms with van der Waals surface area (Å²) in [5, 5.41) is 2.01. The van der Waals surface area contributed by atoms with Crippen LogP contribution in [0.2, 0.25) is 0 Å². The molecule has 108 valence electrons. The summed E-state index contributed by atoms with van der Waals surface area (Å²) < 4.78 is 0. The highest BCUT2D eigenvalue weighted by atomic mass is 32.1. The Morgan fingerprint density at radius 1 is 1.20 bits per heavy atom. The van der Waals surface area contributed by atoms with Crippen molar-refractivity contribution in [1.82, 2.24) is 4.90 Å². The summed E-state index contributed by atoms with van der Waals surface area (Å²) in [7, 11) is 0. The highest BCUT2D eigenvalue weighted by Crippen LogP contribution is 2.55. The molecule has 20 heavy (non-hydrogen) atoms. The first-order valence-corrected chi connectivity index (χ1v) is 8.98. The largest absolute Gasteiger partial charge is 0.335 e. The van der Waals surface area contributed by atoms with Gasteiger partial charge in [0.15, 0.2) is 0 Å². The van der Waals surface area contributed by atoms with Crippen LogP contribution in [0.5, 0.6) is 0 Å². The van der Waals surface area contributed by atoms with Gasteiger partial charge in [-0.2, -0.15) is 0 Å². The molecular formula is C17H23NOS. The fourth-order valence-electron chi connectivity index (χ4n) is 5.44. The van der Waals surface area contributed by atoms with E-state index >= 15 is 0 Å². The molecule has 0 radical (unpaired) electrons. The Hall–Kier alpha value is -0.830. The molecule has 4 saturated carbocycles. The number of hydrogen-bond donors (Lipinski definition) is 0. The van der Waals surface area contributed by atoms with Crippen molar-refractivity contribution in [2.24, 2.45) is 23.7 Å². The van der Waals surface area contributed by atoms with E-state index in [4.69, 9.17) is 0 Å². The smallest absolute Gasteiger partial charge is 0.264 e. The van der Waals surface area contributed by atoms with Gasteiger partial charge in [-0.15, -0.1) is 11.3 Å². The van der Waals surface area contributed by atoms with E-state index in [1.807, 2.05) is 17.5 Å². The van der Waals surface area contributed by atoms with Crippen molar-refractivity contribution in [3.63, 3.8) is 0 Å². The van der Waals surface area contributed by atoms with Gasteiger partial charge >= 0.3 is 0 Å². The normalized spacial score (nSPS) is 38.1. The number of amides is 1. The number of nitrogens with zero attached hydrogens (tertiary/aromatic N) is 1. The predicted molar refractivity (Wildman–Crippen MR) is 81.9 cm³/mol. The van der Waals surface area contributed by atoms with E-state index in [0.29, 0.717) is 6.04 Å². The molecule has 4 fully saturated rings. The summed E-state index contributed by atoms with van der Waals surface area (Å²) in [5.41, 5.74) is 0. The van der Waals surface area contributed by atoms with Crippen LogP contribution in [-0.4, -0.2) is 23.4 Å². The van der Waals surface area contributed by atoms with Crippen molar-refractivity contribution in [2.45, 2.75) is 45.1 Å². The molecule has 4 aliphatic rings. The maximum absolute atomic E-state index is 12.8. The number of thiophene rings is 1. The SMILES string of the molecule is CCN(C(=O)c1cccs1)C1C2CC3CC(C2)CC1C3. The van der Waals surface area contributed by atoms with Crippen molar-refractivity contribution >= 4 is 17.2 Å². The van der Waals surface area contributed by atoms with Gasteiger partial charge in [0.2, 0.25) is 0 Å². The van der Waals surface area contributed by atoms with Gasteiger partial charge in [0.05, 0.1) is 4.88 Å². The molecule has 1 aromatic heterocycles. The molecule has 0 atom stereocenters. The van der Waals surface area contributed by atoms with Gasteiger partial charge in [-0.3, -0.25) is 4.79 Å². The summed E-state index contributed by atoms with van der Waals surface area (Å²) in [6, 6.07) is 4.50. The van der Waals surface area contributed by atoms with Crippen molar-refractivity contribution in [1.29, 1.82) is 0 Å². The van der Waals surface area contributed by atoms with E-state index < -0.39 is 0 Å². The van der Waals surface area contributed by atoms with Gasteiger partial charge in [-0.05, 0) is 74.1 Å². The summed E-state index contributed by atoms with van der Waals surface area (Å²) >= 11 is 1.58. The number of hydrogen-bond acceptors (Lipinski definition) is 2. The van der Waals surface area contributed by atoms with E-state index in [1.165, 1.54) is 32.1 Å². The Labute approximate surface area is 125 Å². The van der Waals surface area contributed by atoms with Crippen LogP contribution in [0, 0.1) is 23.7 Å². The molecule has 1 aromatic rings. The third kappa shape index (κ3) is 1.93. The number of rotatable bonds is 3. The van der Waals surface area contributed by atoms with Gasteiger partial charge in [-0.1, -0.05) is 6.07 Å². The Morgan fingerprint density at radius 2 is 1.85 bits per heavy atom. The highest BCUT2D eigenvalue weighted by molar-refractivity contribution is 7.12. The minimum Gasteiger partial charge on any atom is -0.335 e. The summed E-state index contributed by atoms with van der Waals surface area (Å²) in [6.45, 7) is 3.01. The summed E-state index contributed by atoms with van der Waals surface area (Å²) in [5.74, 6) is 3.80. The van der Waals surface area contributed by atoms with Crippen LogP contribution >= 0.6 is 11.3 Å². The highest BCUT2D eigenvalue weighted by Gasteiger charge is 2.50. The van der Waals surface area contributed by atoms with Crippen LogP contribution in [0.25, 0.3) is 0 Å². The second-order valence-electron chi connectivity index (χ2n) is 6.99. The van der Waals surface area contributed by atoms with Crippen molar-refractivity contribution in [3.05, 3.63) is 22.4 Å². The maximum atomic E-state index is 12.8. The zero-order chi connectivity index (χ0) is 13.7. The first-order chi connectivity index (χ1) is 9.76. The third-order valence-corrected chi connectivity index (χ3v) is 6.73. The summed E-state index contributed by atoms with van der Waals surface area (Å²) in [4.78, 5) is 15.9. The van der Waals surface area contributed by atoms with E-state index in [2.05, 4.69) is 11.8 Å². The lowest BCUT2D eigenvalue weighted by Crippen LogP contribution is -2.57. The predicted octanol–water partition coefficient (Wildman–Crippen LogP) is 4.03. The van der Waals surface area contributed by atoms with E-state index in [9.17, 15) is 4.79 Å². The monoisotopic (exact) mass is 289 g/mol. The maximum Gasteiger partial charge on any atom is 0.264 e. The molecule has 2 nitrogen and oxygen atoms in total. The molecule has 1 heterocycles. The van der Waals surface area contributed by atoms with Gasteiger partial charge in [0.1, 0.15) is 0 Å². The molecular weight excluding hydrogens is 266 g/mol. The van der Waals surface area contributed by atoms with Crippen molar-refractivity contribution in [3.8, 4) is 0 Å². The van der Waals surface area contributed by atoms with Gasteiger partial charge in [0.25, 0.3) is 5.91 Å².